The zero-order chi connectivity index (χ0) is 17.9. The van der Waals surface area contributed by atoms with Crippen LogP contribution in [0, 0.1) is 0 Å². The molecule has 0 fully saturated rings. The van der Waals surface area contributed by atoms with Gasteiger partial charge in [-0.05, 0) is 23.9 Å². The van der Waals surface area contributed by atoms with Crippen LogP contribution in [-0.4, -0.2) is 28.2 Å². The second kappa shape index (κ2) is 7.21. The molecule has 0 saturated carbocycles. The second-order valence-corrected chi connectivity index (χ2v) is 5.58. The largest absolute Gasteiger partial charge is 0.504 e. The molecule has 0 bridgehead atoms. The van der Waals surface area contributed by atoms with E-state index in [0.717, 1.165) is 18.9 Å². The number of ether oxygens (including phenoxy) is 1. The Morgan fingerprint density at radius 3 is 2.38 bits per heavy atom. The standard InChI is InChI=1S/C18H20O6/c1-3-4-5-6-12(19)10-7-11-9-14(24-2)17(22)18(23)15(11)16(21)13(20)8-10/h7-9,22-23H,3-6H2,1-2H3,(H,20,21). The molecule has 0 aliphatic heterocycles. The number of ketones is 1. The summed E-state index contributed by atoms with van der Waals surface area (Å²) in [4.78, 5) is 24.4. The molecule has 0 spiro atoms. The number of carbonyl (C=O) groups excluding carboxylic acids is 1. The highest BCUT2D eigenvalue weighted by Crippen LogP contribution is 2.43. The third-order valence-electron chi connectivity index (χ3n) is 3.89. The fourth-order valence-electron chi connectivity index (χ4n) is 2.55. The molecule has 0 unspecified atom stereocenters. The van der Waals surface area contributed by atoms with E-state index < -0.39 is 22.7 Å². The van der Waals surface area contributed by atoms with Crippen molar-refractivity contribution in [3.63, 3.8) is 0 Å². The number of aromatic hydroxyl groups is 3. The Labute approximate surface area is 138 Å². The fraction of sp³-hybridized carbons (Fsp3) is 0.333. The lowest BCUT2D eigenvalue weighted by molar-refractivity contribution is 0.0979. The quantitative estimate of drug-likeness (QED) is 0.426. The first kappa shape index (κ1) is 17.6. The topological polar surface area (TPSA) is 104 Å². The number of benzene rings is 1. The molecule has 0 atom stereocenters. The van der Waals surface area contributed by atoms with Gasteiger partial charge in [0.25, 0.3) is 0 Å². The van der Waals surface area contributed by atoms with Gasteiger partial charge in [0.1, 0.15) is 0 Å². The molecule has 0 saturated heterocycles. The van der Waals surface area contributed by atoms with Crippen molar-refractivity contribution >= 4 is 16.6 Å². The summed E-state index contributed by atoms with van der Waals surface area (Å²) in [5, 5.41) is 30.0. The summed E-state index contributed by atoms with van der Waals surface area (Å²) < 4.78 is 4.96. The zero-order valence-corrected chi connectivity index (χ0v) is 13.6. The minimum absolute atomic E-state index is 0.0255. The molecule has 3 N–H and O–H groups in total. The van der Waals surface area contributed by atoms with E-state index in [1.165, 1.54) is 19.2 Å². The van der Waals surface area contributed by atoms with E-state index in [-0.39, 0.29) is 27.9 Å². The van der Waals surface area contributed by atoms with Crippen molar-refractivity contribution in [2.24, 2.45) is 0 Å². The van der Waals surface area contributed by atoms with Gasteiger partial charge in [-0.15, -0.1) is 0 Å². The van der Waals surface area contributed by atoms with Gasteiger partial charge >= 0.3 is 0 Å². The van der Waals surface area contributed by atoms with E-state index in [1.54, 1.807) is 0 Å². The molecule has 0 radical (unpaired) electrons. The summed E-state index contributed by atoms with van der Waals surface area (Å²) in [6.07, 6.45) is 2.88. The van der Waals surface area contributed by atoms with Crippen LogP contribution in [0.15, 0.2) is 23.0 Å². The van der Waals surface area contributed by atoms with E-state index >= 15 is 0 Å². The molecule has 2 aromatic carbocycles. The van der Waals surface area contributed by atoms with Crippen molar-refractivity contribution in [2.75, 3.05) is 7.11 Å². The number of hydrogen-bond donors (Lipinski definition) is 3. The maximum atomic E-state index is 12.3. The first-order chi connectivity index (χ1) is 11.4. The van der Waals surface area contributed by atoms with Crippen LogP contribution >= 0.6 is 0 Å². The zero-order valence-electron chi connectivity index (χ0n) is 13.6. The van der Waals surface area contributed by atoms with Crippen LogP contribution in [0.2, 0.25) is 0 Å². The van der Waals surface area contributed by atoms with Gasteiger partial charge in [-0.25, -0.2) is 0 Å². The summed E-state index contributed by atoms with van der Waals surface area (Å²) in [6, 6.07) is 3.81. The van der Waals surface area contributed by atoms with Crippen molar-refractivity contribution in [2.45, 2.75) is 32.6 Å². The van der Waals surface area contributed by atoms with E-state index in [4.69, 9.17) is 4.74 Å². The minimum Gasteiger partial charge on any atom is -0.504 e. The SMILES string of the molecule is CCCCCC(=O)c1cc(=O)c(O)c2c(O)c(O)c(OC)cc2c1. The molecule has 128 valence electrons. The molecule has 2 aromatic rings. The highest BCUT2D eigenvalue weighted by molar-refractivity contribution is 6.02. The average Bonchev–Trinajstić information content (AvgIpc) is 2.68. The van der Waals surface area contributed by atoms with Gasteiger partial charge in [0.15, 0.2) is 23.0 Å². The van der Waals surface area contributed by atoms with Gasteiger partial charge in [0.05, 0.1) is 12.5 Å². The van der Waals surface area contributed by atoms with Crippen LogP contribution in [0.25, 0.3) is 10.8 Å². The van der Waals surface area contributed by atoms with E-state index in [1.807, 2.05) is 6.92 Å². The summed E-state index contributed by atoms with van der Waals surface area (Å²) in [7, 11) is 1.30. The number of fused-ring (bicyclic) bond motifs is 1. The van der Waals surface area contributed by atoms with Gasteiger partial charge in [-0.1, -0.05) is 19.8 Å². The first-order valence-corrected chi connectivity index (χ1v) is 7.73. The number of rotatable bonds is 6. The molecule has 24 heavy (non-hydrogen) atoms. The monoisotopic (exact) mass is 332 g/mol. The van der Waals surface area contributed by atoms with Gasteiger partial charge in [0.2, 0.25) is 11.2 Å². The second-order valence-electron chi connectivity index (χ2n) is 5.58. The van der Waals surface area contributed by atoms with Crippen LogP contribution in [0.5, 0.6) is 23.0 Å². The number of Topliss-reactive ketones (excluding diaryl/α,β-unsaturated/α-hetero) is 1. The van der Waals surface area contributed by atoms with Gasteiger partial charge in [0, 0.05) is 18.1 Å². The van der Waals surface area contributed by atoms with Gasteiger partial charge in [-0.3, -0.25) is 9.59 Å². The molecule has 2 rings (SSSR count). The predicted octanol–water partition coefficient (Wildman–Crippen LogP) is 3.09. The number of hydrogen-bond acceptors (Lipinski definition) is 6. The average molecular weight is 332 g/mol. The third kappa shape index (κ3) is 3.27. The maximum Gasteiger partial charge on any atom is 0.221 e. The number of phenols is 2. The number of unbranched alkanes of at least 4 members (excludes halogenated alkanes) is 2. The number of phenolic OH excluding ortho intramolecular Hbond substituents is 2. The Bertz CT molecular complexity index is 841. The molecular weight excluding hydrogens is 312 g/mol. The van der Waals surface area contributed by atoms with Gasteiger partial charge in [-0.2, -0.15) is 0 Å². The Hall–Kier alpha value is -2.76. The Balaban J connectivity index is 2.69. The van der Waals surface area contributed by atoms with Crippen molar-refractivity contribution < 1.29 is 24.9 Å². The normalized spacial score (nSPS) is 10.8. The number of carbonyl (C=O) groups is 1. The lowest BCUT2D eigenvalue weighted by Gasteiger charge is -2.07. The summed E-state index contributed by atoms with van der Waals surface area (Å²) in [5.74, 6) is -2.22. The molecule has 6 nitrogen and oxygen atoms in total. The van der Waals surface area contributed by atoms with E-state index in [2.05, 4.69) is 0 Å². The lowest BCUT2D eigenvalue weighted by Crippen LogP contribution is -2.02. The summed E-state index contributed by atoms with van der Waals surface area (Å²) in [5.41, 5.74) is -0.655. The first-order valence-electron chi connectivity index (χ1n) is 7.73. The predicted molar refractivity (Wildman–Crippen MR) is 90.2 cm³/mol. The maximum absolute atomic E-state index is 12.3. The third-order valence-corrected chi connectivity index (χ3v) is 3.89. The van der Waals surface area contributed by atoms with Gasteiger partial charge < -0.3 is 20.1 Å². The molecule has 6 heteroatoms. The lowest BCUT2D eigenvalue weighted by atomic mass is 10.0. The van der Waals surface area contributed by atoms with Crippen LogP contribution in [-0.2, 0) is 0 Å². The van der Waals surface area contributed by atoms with Crippen LogP contribution in [0.1, 0.15) is 43.0 Å². The van der Waals surface area contributed by atoms with E-state index in [9.17, 15) is 24.9 Å². The molecule has 0 heterocycles. The van der Waals surface area contributed by atoms with Crippen LogP contribution < -0.4 is 10.2 Å². The van der Waals surface area contributed by atoms with Crippen molar-refractivity contribution in [1.82, 2.24) is 0 Å². The summed E-state index contributed by atoms with van der Waals surface area (Å²) in [6.45, 7) is 2.02. The number of methoxy groups -OCH3 is 1. The van der Waals surface area contributed by atoms with Crippen LogP contribution in [0.3, 0.4) is 0 Å². The molecule has 0 amide bonds. The molecular formula is C18H20O6. The van der Waals surface area contributed by atoms with E-state index in [0.29, 0.717) is 12.8 Å². The molecule has 0 aliphatic carbocycles. The molecule has 0 aliphatic rings. The van der Waals surface area contributed by atoms with Crippen molar-refractivity contribution in [3.8, 4) is 23.0 Å². The minimum atomic E-state index is -0.802. The Morgan fingerprint density at radius 1 is 1.04 bits per heavy atom. The van der Waals surface area contributed by atoms with Crippen molar-refractivity contribution in [1.29, 1.82) is 0 Å². The fourth-order valence-corrected chi connectivity index (χ4v) is 2.55. The molecule has 0 aromatic heterocycles. The smallest absolute Gasteiger partial charge is 0.221 e. The highest BCUT2D eigenvalue weighted by Gasteiger charge is 2.18. The van der Waals surface area contributed by atoms with Crippen molar-refractivity contribution in [3.05, 3.63) is 34.0 Å². The van der Waals surface area contributed by atoms with Crippen LogP contribution in [0.4, 0.5) is 0 Å². The highest BCUT2D eigenvalue weighted by atomic mass is 16.5. The Morgan fingerprint density at radius 2 is 1.75 bits per heavy atom. The Kier molecular flexibility index (Phi) is 5.28. The summed E-state index contributed by atoms with van der Waals surface area (Å²) >= 11 is 0.